The molecule has 0 bridgehead atoms. The SMILES string of the molecule is CCc1cc(Br)ccc1NC(C)Cc1ccccc1. The Bertz CT molecular complexity index is 522. The van der Waals surface area contributed by atoms with Gasteiger partial charge in [0.1, 0.15) is 0 Å². The minimum Gasteiger partial charge on any atom is -0.382 e. The Balaban J connectivity index is 2.04. The van der Waals surface area contributed by atoms with Gasteiger partial charge in [-0.2, -0.15) is 0 Å². The summed E-state index contributed by atoms with van der Waals surface area (Å²) in [4.78, 5) is 0. The molecule has 0 amide bonds. The third-order valence-electron chi connectivity index (χ3n) is 3.23. The van der Waals surface area contributed by atoms with Gasteiger partial charge in [-0.05, 0) is 49.1 Å². The molecule has 2 rings (SSSR count). The lowest BCUT2D eigenvalue weighted by molar-refractivity contribution is 0.788. The molecule has 0 aromatic heterocycles. The molecule has 19 heavy (non-hydrogen) atoms. The van der Waals surface area contributed by atoms with Crippen LogP contribution in [0.3, 0.4) is 0 Å². The predicted octanol–water partition coefficient (Wildman–Crippen LogP) is 5.05. The van der Waals surface area contributed by atoms with Crippen molar-refractivity contribution in [1.82, 2.24) is 0 Å². The zero-order valence-corrected chi connectivity index (χ0v) is 13.1. The number of anilines is 1. The monoisotopic (exact) mass is 317 g/mol. The van der Waals surface area contributed by atoms with E-state index in [2.05, 4.69) is 83.6 Å². The highest BCUT2D eigenvalue weighted by atomic mass is 79.9. The molecular weight excluding hydrogens is 298 g/mol. The number of hydrogen-bond donors (Lipinski definition) is 1. The smallest absolute Gasteiger partial charge is 0.0375 e. The van der Waals surface area contributed by atoms with Crippen LogP contribution in [-0.4, -0.2) is 6.04 Å². The molecule has 0 aliphatic heterocycles. The van der Waals surface area contributed by atoms with Crippen LogP contribution < -0.4 is 5.32 Å². The van der Waals surface area contributed by atoms with Gasteiger partial charge in [0.2, 0.25) is 0 Å². The van der Waals surface area contributed by atoms with Crippen molar-refractivity contribution in [3.63, 3.8) is 0 Å². The summed E-state index contributed by atoms with van der Waals surface area (Å²) in [6.45, 7) is 4.42. The summed E-state index contributed by atoms with van der Waals surface area (Å²) in [5.41, 5.74) is 3.97. The Hall–Kier alpha value is -1.28. The van der Waals surface area contributed by atoms with E-state index in [0.717, 1.165) is 17.3 Å². The van der Waals surface area contributed by atoms with Crippen molar-refractivity contribution in [3.8, 4) is 0 Å². The molecule has 1 N–H and O–H groups in total. The summed E-state index contributed by atoms with van der Waals surface area (Å²) < 4.78 is 1.14. The van der Waals surface area contributed by atoms with Gasteiger partial charge in [0.05, 0.1) is 0 Å². The van der Waals surface area contributed by atoms with Gasteiger partial charge < -0.3 is 5.32 Å². The minimum atomic E-state index is 0.425. The maximum atomic E-state index is 3.62. The highest BCUT2D eigenvalue weighted by Crippen LogP contribution is 2.22. The van der Waals surface area contributed by atoms with E-state index in [4.69, 9.17) is 0 Å². The molecule has 2 heteroatoms. The number of benzene rings is 2. The first kappa shape index (κ1) is 14.1. The summed E-state index contributed by atoms with van der Waals surface area (Å²) in [6, 6.07) is 17.5. The number of hydrogen-bond acceptors (Lipinski definition) is 1. The Morgan fingerprint density at radius 1 is 1.11 bits per heavy atom. The molecule has 1 unspecified atom stereocenters. The van der Waals surface area contributed by atoms with Crippen molar-refractivity contribution in [2.45, 2.75) is 32.7 Å². The van der Waals surface area contributed by atoms with Crippen LogP contribution in [0.25, 0.3) is 0 Å². The first-order valence-corrected chi connectivity index (χ1v) is 7.57. The lowest BCUT2D eigenvalue weighted by Gasteiger charge is -2.18. The quantitative estimate of drug-likeness (QED) is 0.813. The first-order valence-electron chi connectivity index (χ1n) is 6.78. The van der Waals surface area contributed by atoms with Crippen molar-refractivity contribution in [2.24, 2.45) is 0 Å². The van der Waals surface area contributed by atoms with Crippen LogP contribution in [-0.2, 0) is 12.8 Å². The molecule has 0 saturated carbocycles. The molecule has 2 aromatic carbocycles. The van der Waals surface area contributed by atoms with Gasteiger partial charge in [-0.3, -0.25) is 0 Å². The van der Waals surface area contributed by atoms with Gasteiger partial charge >= 0.3 is 0 Å². The van der Waals surface area contributed by atoms with Gasteiger partial charge in [0, 0.05) is 16.2 Å². The van der Waals surface area contributed by atoms with Crippen molar-refractivity contribution in [3.05, 3.63) is 64.1 Å². The molecular formula is C17H20BrN. The summed E-state index contributed by atoms with van der Waals surface area (Å²) >= 11 is 3.53. The Labute approximate surface area is 124 Å². The highest BCUT2D eigenvalue weighted by Gasteiger charge is 2.06. The molecule has 0 radical (unpaired) electrons. The van der Waals surface area contributed by atoms with E-state index in [1.54, 1.807) is 0 Å². The van der Waals surface area contributed by atoms with Crippen LogP contribution >= 0.6 is 15.9 Å². The zero-order valence-electron chi connectivity index (χ0n) is 11.5. The summed E-state index contributed by atoms with van der Waals surface area (Å²) in [5.74, 6) is 0. The summed E-state index contributed by atoms with van der Waals surface area (Å²) in [7, 11) is 0. The van der Waals surface area contributed by atoms with Crippen LogP contribution in [0.1, 0.15) is 25.0 Å². The van der Waals surface area contributed by atoms with Gasteiger partial charge in [0.25, 0.3) is 0 Å². The number of aryl methyl sites for hydroxylation is 1. The topological polar surface area (TPSA) is 12.0 Å². The maximum Gasteiger partial charge on any atom is 0.0375 e. The number of rotatable bonds is 5. The summed E-state index contributed by atoms with van der Waals surface area (Å²) in [5, 5.41) is 3.62. The lowest BCUT2D eigenvalue weighted by atomic mass is 10.1. The fraction of sp³-hybridized carbons (Fsp3) is 0.294. The van der Waals surface area contributed by atoms with Crippen molar-refractivity contribution in [2.75, 3.05) is 5.32 Å². The first-order chi connectivity index (χ1) is 9.19. The molecule has 2 aromatic rings. The van der Waals surface area contributed by atoms with E-state index < -0.39 is 0 Å². The van der Waals surface area contributed by atoms with Crippen molar-refractivity contribution in [1.29, 1.82) is 0 Å². The average Bonchev–Trinajstić information content (AvgIpc) is 2.42. The Morgan fingerprint density at radius 3 is 2.53 bits per heavy atom. The van der Waals surface area contributed by atoms with Gasteiger partial charge in [-0.25, -0.2) is 0 Å². The molecule has 100 valence electrons. The Morgan fingerprint density at radius 2 is 1.84 bits per heavy atom. The van der Waals surface area contributed by atoms with Crippen LogP contribution in [0.2, 0.25) is 0 Å². The third-order valence-corrected chi connectivity index (χ3v) is 3.73. The second-order valence-electron chi connectivity index (χ2n) is 4.89. The van der Waals surface area contributed by atoms with Gasteiger partial charge in [-0.1, -0.05) is 53.2 Å². The molecule has 0 aliphatic carbocycles. The van der Waals surface area contributed by atoms with Gasteiger partial charge in [0.15, 0.2) is 0 Å². The van der Waals surface area contributed by atoms with Gasteiger partial charge in [-0.15, -0.1) is 0 Å². The fourth-order valence-electron chi connectivity index (χ4n) is 2.28. The van der Waals surface area contributed by atoms with E-state index >= 15 is 0 Å². The maximum absolute atomic E-state index is 3.62. The molecule has 0 aliphatic rings. The van der Waals surface area contributed by atoms with Crippen LogP contribution in [0, 0.1) is 0 Å². The lowest BCUT2D eigenvalue weighted by Crippen LogP contribution is -2.18. The second-order valence-corrected chi connectivity index (χ2v) is 5.81. The molecule has 0 fully saturated rings. The predicted molar refractivity (Wildman–Crippen MR) is 86.8 cm³/mol. The number of halogens is 1. The molecule has 0 saturated heterocycles. The third kappa shape index (κ3) is 4.10. The van der Waals surface area contributed by atoms with Crippen LogP contribution in [0.5, 0.6) is 0 Å². The van der Waals surface area contributed by atoms with E-state index in [-0.39, 0.29) is 0 Å². The van der Waals surface area contributed by atoms with Crippen LogP contribution in [0.4, 0.5) is 5.69 Å². The summed E-state index contributed by atoms with van der Waals surface area (Å²) in [6.07, 6.45) is 2.08. The highest BCUT2D eigenvalue weighted by molar-refractivity contribution is 9.10. The zero-order chi connectivity index (χ0) is 13.7. The second kappa shape index (κ2) is 6.76. The standard InChI is InChI=1S/C17H20BrN/c1-3-15-12-16(18)9-10-17(15)19-13(2)11-14-7-5-4-6-8-14/h4-10,12-13,19H,3,11H2,1-2H3. The minimum absolute atomic E-state index is 0.425. The largest absolute Gasteiger partial charge is 0.382 e. The normalized spacial score (nSPS) is 12.2. The van der Waals surface area contributed by atoms with E-state index in [1.165, 1.54) is 16.8 Å². The molecule has 0 heterocycles. The Kier molecular flexibility index (Phi) is 5.03. The number of nitrogens with one attached hydrogen (secondary N) is 1. The molecule has 1 nitrogen and oxygen atoms in total. The average molecular weight is 318 g/mol. The molecule has 1 atom stereocenters. The van der Waals surface area contributed by atoms with E-state index in [0.29, 0.717) is 6.04 Å². The van der Waals surface area contributed by atoms with Crippen molar-refractivity contribution >= 4 is 21.6 Å². The molecule has 0 spiro atoms. The van der Waals surface area contributed by atoms with Crippen LogP contribution in [0.15, 0.2) is 53.0 Å². The van der Waals surface area contributed by atoms with E-state index in [9.17, 15) is 0 Å². The fourth-order valence-corrected chi connectivity index (χ4v) is 2.69. The van der Waals surface area contributed by atoms with E-state index in [1.807, 2.05) is 0 Å². The van der Waals surface area contributed by atoms with Crippen molar-refractivity contribution < 1.29 is 0 Å².